The summed E-state index contributed by atoms with van der Waals surface area (Å²) >= 11 is 0. The van der Waals surface area contributed by atoms with Crippen LogP contribution < -0.4 is 5.32 Å². The van der Waals surface area contributed by atoms with Crippen LogP contribution in [0.25, 0.3) is 0 Å². The molecular weight excluding hydrogens is 226 g/mol. The highest BCUT2D eigenvalue weighted by Gasteiger charge is 2.46. The van der Waals surface area contributed by atoms with Crippen LogP contribution in [0.1, 0.15) is 25.3 Å². The minimum Gasteiger partial charge on any atom is -0.375 e. The van der Waals surface area contributed by atoms with Crippen molar-refractivity contribution in [2.75, 3.05) is 13.2 Å². The number of hydrogen-bond acceptors (Lipinski definition) is 3. The molecule has 0 radical (unpaired) electrons. The minimum atomic E-state index is 0.202. The van der Waals surface area contributed by atoms with E-state index in [1.807, 2.05) is 6.07 Å². The molecular formula is C15H21NO2. The molecule has 1 aliphatic heterocycles. The summed E-state index contributed by atoms with van der Waals surface area (Å²) in [5.41, 5.74) is 1.45. The predicted molar refractivity (Wildman–Crippen MR) is 70.4 cm³/mol. The van der Waals surface area contributed by atoms with E-state index in [1.165, 1.54) is 5.56 Å². The van der Waals surface area contributed by atoms with Crippen molar-refractivity contribution < 1.29 is 9.47 Å². The molecule has 1 heterocycles. The third kappa shape index (κ3) is 2.58. The van der Waals surface area contributed by atoms with Gasteiger partial charge in [0.15, 0.2) is 0 Å². The number of nitrogens with one attached hydrogen (secondary N) is 1. The molecule has 98 valence electrons. The van der Waals surface area contributed by atoms with Crippen LogP contribution in [0.2, 0.25) is 0 Å². The summed E-state index contributed by atoms with van der Waals surface area (Å²) in [6, 6.07) is 10.4. The fourth-order valence-electron chi connectivity index (χ4n) is 2.75. The van der Waals surface area contributed by atoms with E-state index >= 15 is 0 Å². The van der Waals surface area contributed by atoms with Gasteiger partial charge in [0.2, 0.25) is 0 Å². The summed E-state index contributed by atoms with van der Waals surface area (Å²) in [6.07, 6.45) is 2.88. The lowest BCUT2D eigenvalue weighted by molar-refractivity contribution is -0.123. The highest BCUT2D eigenvalue weighted by molar-refractivity contribution is 5.14. The molecule has 0 amide bonds. The highest BCUT2D eigenvalue weighted by atomic mass is 16.5. The first-order valence-corrected chi connectivity index (χ1v) is 6.78. The second kappa shape index (κ2) is 5.00. The summed E-state index contributed by atoms with van der Waals surface area (Å²) in [7, 11) is 0. The second-order valence-electron chi connectivity index (χ2n) is 5.61. The van der Waals surface area contributed by atoms with E-state index in [0.29, 0.717) is 12.2 Å². The molecule has 1 unspecified atom stereocenters. The van der Waals surface area contributed by atoms with Gasteiger partial charge in [-0.2, -0.15) is 0 Å². The van der Waals surface area contributed by atoms with Gasteiger partial charge in [0.25, 0.3) is 0 Å². The molecule has 1 aliphatic carbocycles. The molecule has 1 saturated heterocycles. The Kier molecular flexibility index (Phi) is 3.37. The SMILES string of the molecule is CC1CN[C@]2(CO1)C[C@@H](OCc1ccccc1)C2. The number of morpholine rings is 1. The molecule has 1 atom stereocenters. The molecule has 3 heteroatoms. The zero-order valence-electron chi connectivity index (χ0n) is 10.9. The first-order valence-electron chi connectivity index (χ1n) is 6.78. The normalized spacial score (nSPS) is 35.4. The van der Waals surface area contributed by atoms with Crippen molar-refractivity contribution in [1.82, 2.24) is 5.32 Å². The molecule has 1 N–H and O–H groups in total. The molecule has 1 aromatic rings. The van der Waals surface area contributed by atoms with Gasteiger partial charge in [-0.1, -0.05) is 30.3 Å². The lowest BCUT2D eigenvalue weighted by atomic mass is 9.74. The smallest absolute Gasteiger partial charge is 0.0720 e. The molecule has 3 rings (SSSR count). The lowest BCUT2D eigenvalue weighted by Gasteiger charge is -2.51. The Morgan fingerprint density at radius 3 is 2.78 bits per heavy atom. The van der Waals surface area contributed by atoms with E-state index in [4.69, 9.17) is 9.47 Å². The van der Waals surface area contributed by atoms with Crippen LogP contribution in [0.3, 0.4) is 0 Å². The largest absolute Gasteiger partial charge is 0.375 e. The fourth-order valence-corrected chi connectivity index (χ4v) is 2.75. The number of hydrogen-bond donors (Lipinski definition) is 1. The Bertz CT molecular complexity index is 377. The zero-order chi connectivity index (χ0) is 12.4. The molecule has 1 saturated carbocycles. The van der Waals surface area contributed by atoms with Gasteiger partial charge >= 0.3 is 0 Å². The van der Waals surface area contributed by atoms with Crippen molar-refractivity contribution >= 4 is 0 Å². The average Bonchev–Trinajstić information content (AvgIpc) is 2.37. The quantitative estimate of drug-likeness (QED) is 0.887. The summed E-state index contributed by atoms with van der Waals surface area (Å²) in [5.74, 6) is 0. The standard InChI is InChI=1S/C15H21NO2/c1-12-9-16-15(11-18-12)7-14(8-15)17-10-13-5-3-2-4-6-13/h2-6,12,14,16H,7-11H2,1H3/t12?,14-,15-. The van der Waals surface area contributed by atoms with E-state index < -0.39 is 0 Å². The van der Waals surface area contributed by atoms with Crippen molar-refractivity contribution in [2.24, 2.45) is 0 Å². The molecule has 2 fully saturated rings. The summed E-state index contributed by atoms with van der Waals surface area (Å²) in [6.45, 7) is 4.63. The Balaban J connectivity index is 1.43. The van der Waals surface area contributed by atoms with E-state index in [1.54, 1.807) is 0 Å². The van der Waals surface area contributed by atoms with Gasteiger partial charge in [-0.05, 0) is 25.3 Å². The summed E-state index contributed by atoms with van der Waals surface area (Å²) in [5, 5.41) is 3.60. The fraction of sp³-hybridized carbons (Fsp3) is 0.600. The van der Waals surface area contributed by atoms with Crippen LogP contribution in [-0.2, 0) is 16.1 Å². The van der Waals surface area contributed by atoms with Gasteiger partial charge in [0.1, 0.15) is 0 Å². The Morgan fingerprint density at radius 1 is 1.33 bits per heavy atom. The molecule has 0 aromatic heterocycles. The van der Waals surface area contributed by atoms with Crippen molar-refractivity contribution in [3.8, 4) is 0 Å². The first kappa shape index (κ1) is 12.2. The van der Waals surface area contributed by atoms with Gasteiger partial charge in [-0.25, -0.2) is 0 Å². The maximum absolute atomic E-state index is 5.92. The first-order chi connectivity index (χ1) is 8.76. The number of benzene rings is 1. The molecule has 2 aliphatic rings. The Labute approximate surface area is 108 Å². The average molecular weight is 247 g/mol. The molecule has 1 spiro atoms. The monoisotopic (exact) mass is 247 g/mol. The van der Waals surface area contributed by atoms with Crippen LogP contribution in [0.5, 0.6) is 0 Å². The van der Waals surface area contributed by atoms with Crippen molar-refractivity contribution in [3.05, 3.63) is 35.9 Å². The molecule has 1 aromatic carbocycles. The highest BCUT2D eigenvalue weighted by Crippen LogP contribution is 2.37. The van der Waals surface area contributed by atoms with Gasteiger partial charge in [0, 0.05) is 12.1 Å². The van der Waals surface area contributed by atoms with Crippen LogP contribution in [0.15, 0.2) is 30.3 Å². The topological polar surface area (TPSA) is 30.5 Å². The number of ether oxygens (including phenoxy) is 2. The van der Waals surface area contributed by atoms with Crippen LogP contribution in [0, 0.1) is 0 Å². The summed E-state index contributed by atoms with van der Waals surface area (Å²) < 4.78 is 11.7. The molecule has 18 heavy (non-hydrogen) atoms. The minimum absolute atomic E-state index is 0.202. The predicted octanol–water partition coefficient (Wildman–Crippen LogP) is 2.11. The van der Waals surface area contributed by atoms with E-state index in [-0.39, 0.29) is 5.54 Å². The lowest BCUT2D eigenvalue weighted by Crippen LogP contribution is -2.65. The Morgan fingerprint density at radius 2 is 2.11 bits per heavy atom. The van der Waals surface area contributed by atoms with Gasteiger partial charge in [0.05, 0.1) is 25.4 Å². The maximum Gasteiger partial charge on any atom is 0.0720 e. The van der Waals surface area contributed by atoms with Crippen molar-refractivity contribution in [2.45, 2.75) is 44.1 Å². The van der Waals surface area contributed by atoms with Crippen molar-refractivity contribution in [3.63, 3.8) is 0 Å². The maximum atomic E-state index is 5.92. The van der Waals surface area contributed by atoms with Gasteiger partial charge < -0.3 is 14.8 Å². The van der Waals surface area contributed by atoms with Crippen LogP contribution in [-0.4, -0.2) is 30.9 Å². The zero-order valence-corrected chi connectivity index (χ0v) is 10.9. The molecule has 0 bridgehead atoms. The van der Waals surface area contributed by atoms with E-state index in [9.17, 15) is 0 Å². The van der Waals surface area contributed by atoms with Crippen LogP contribution in [0.4, 0.5) is 0 Å². The van der Waals surface area contributed by atoms with Crippen LogP contribution >= 0.6 is 0 Å². The third-order valence-electron chi connectivity index (χ3n) is 3.97. The van der Waals surface area contributed by atoms with E-state index in [2.05, 4.69) is 36.5 Å². The summed E-state index contributed by atoms with van der Waals surface area (Å²) in [4.78, 5) is 0. The molecule has 3 nitrogen and oxygen atoms in total. The third-order valence-corrected chi connectivity index (χ3v) is 3.97. The van der Waals surface area contributed by atoms with Gasteiger partial charge in [-0.15, -0.1) is 0 Å². The van der Waals surface area contributed by atoms with Gasteiger partial charge in [-0.3, -0.25) is 0 Å². The van der Waals surface area contributed by atoms with Crippen molar-refractivity contribution in [1.29, 1.82) is 0 Å². The Hall–Kier alpha value is -0.900. The number of rotatable bonds is 3. The second-order valence-corrected chi connectivity index (χ2v) is 5.61. The van der Waals surface area contributed by atoms with E-state index in [0.717, 1.165) is 32.6 Å².